The summed E-state index contributed by atoms with van der Waals surface area (Å²) in [7, 11) is 1.53. The number of nitrogens with one attached hydrogen (secondary N) is 2. The Balaban J connectivity index is 1.03. The number of hydrogen-bond acceptors (Lipinski definition) is 10. The van der Waals surface area contributed by atoms with Crippen LogP contribution < -0.4 is 15.5 Å². The Morgan fingerprint density at radius 3 is 2.60 bits per heavy atom. The van der Waals surface area contributed by atoms with Crippen LogP contribution in [0, 0.1) is 0 Å². The highest BCUT2D eigenvalue weighted by Crippen LogP contribution is 2.28. The van der Waals surface area contributed by atoms with Crippen molar-refractivity contribution in [2.45, 2.75) is 70.0 Å². The highest BCUT2D eigenvalue weighted by Gasteiger charge is 2.32. The van der Waals surface area contributed by atoms with Gasteiger partial charge in [0.25, 0.3) is 5.91 Å². The monoisotopic (exact) mass is 667 g/mol. The third-order valence-electron chi connectivity index (χ3n) is 9.50. The van der Waals surface area contributed by atoms with Crippen molar-refractivity contribution in [1.29, 1.82) is 0 Å². The second kappa shape index (κ2) is 15.0. The first-order valence-corrected chi connectivity index (χ1v) is 16.8. The maximum atomic E-state index is 14.5. The molecule has 0 aromatic carbocycles. The molecule has 14 nitrogen and oxygen atoms in total. The van der Waals surface area contributed by atoms with Crippen LogP contribution >= 0.6 is 0 Å². The van der Waals surface area contributed by atoms with Gasteiger partial charge in [-0.25, -0.2) is 19.2 Å². The van der Waals surface area contributed by atoms with Crippen LogP contribution in [0.25, 0.3) is 10.9 Å². The molecule has 2 amide bonds. The number of piperidine rings is 2. The van der Waals surface area contributed by atoms with Gasteiger partial charge in [0.05, 0.1) is 42.9 Å². The fraction of sp³-hybridized carbons (Fsp3) is 0.606. The Bertz CT molecular complexity index is 1570. The third kappa shape index (κ3) is 7.79. The van der Waals surface area contributed by atoms with Crippen LogP contribution in [-0.2, 0) is 9.47 Å². The van der Waals surface area contributed by atoms with E-state index in [9.17, 15) is 14.0 Å². The second-order valence-electron chi connectivity index (χ2n) is 13.1. The number of halogens is 1. The minimum absolute atomic E-state index is 0.0102. The molecule has 3 aliphatic heterocycles. The molecule has 6 rings (SSSR count). The molecule has 0 radical (unpaired) electrons. The molecule has 2 unspecified atom stereocenters. The van der Waals surface area contributed by atoms with E-state index in [1.165, 1.54) is 12.0 Å². The van der Waals surface area contributed by atoms with Crippen molar-refractivity contribution in [3.8, 4) is 0 Å². The molecular weight excluding hydrogens is 621 g/mol. The molecule has 3 N–H and O–H groups in total. The smallest absolute Gasteiger partial charge is 0.407 e. The van der Waals surface area contributed by atoms with Gasteiger partial charge in [-0.3, -0.25) is 4.79 Å². The number of aromatic nitrogens is 4. The van der Waals surface area contributed by atoms with Crippen LogP contribution in [0.5, 0.6) is 0 Å². The lowest BCUT2D eigenvalue weighted by atomic mass is 10.0. The van der Waals surface area contributed by atoms with Gasteiger partial charge in [0.15, 0.2) is 0 Å². The van der Waals surface area contributed by atoms with Gasteiger partial charge in [0, 0.05) is 82.0 Å². The molecule has 48 heavy (non-hydrogen) atoms. The number of pyridine rings is 1. The number of carbonyl (C=O) groups excluding carboxylic acids is 1. The number of nitrogens with zero attached hydrogens (tertiary/aromatic N) is 7. The summed E-state index contributed by atoms with van der Waals surface area (Å²) in [5.74, 6) is 1.46. The Morgan fingerprint density at radius 1 is 1.10 bits per heavy atom. The van der Waals surface area contributed by atoms with Crippen LogP contribution in [0.2, 0.25) is 0 Å². The van der Waals surface area contributed by atoms with Crippen molar-refractivity contribution in [3.05, 3.63) is 36.3 Å². The number of likely N-dealkylation sites (tertiary alicyclic amines) is 2. The van der Waals surface area contributed by atoms with E-state index in [0.29, 0.717) is 55.8 Å². The van der Waals surface area contributed by atoms with Crippen LogP contribution in [0.4, 0.5) is 26.8 Å². The Morgan fingerprint density at radius 2 is 1.90 bits per heavy atom. The molecule has 3 aliphatic rings. The van der Waals surface area contributed by atoms with Crippen LogP contribution in [0.1, 0.15) is 55.9 Å². The largest absolute Gasteiger partial charge is 0.465 e. The quantitative estimate of drug-likeness (QED) is 0.243. The van der Waals surface area contributed by atoms with Gasteiger partial charge in [-0.1, -0.05) is 0 Å². The Labute approximate surface area is 279 Å². The van der Waals surface area contributed by atoms with Gasteiger partial charge in [0.1, 0.15) is 17.8 Å². The molecule has 6 heterocycles. The van der Waals surface area contributed by atoms with Crippen molar-refractivity contribution in [1.82, 2.24) is 34.6 Å². The SMILES string of the molecule is COC1CCN(c2nccc(Nc3cc4c(cn3)c(C(=O)NC3CCN(CCCOC5CN(C(=O)O)C5)CC3)cn4C(C)C)n2)CC1F. The highest BCUT2D eigenvalue weighted by molar-refractivity contribution is 6.07. The number of alkyl halides is 1. The minimum Gasteiger partial charge on any atom is -0.465 e. The predicted molar refractivity (Wildman–Crippen MR) is 179 cm³/mol. The zero-order chi connectivity index (χ0) is 33.8. The molecule has 0 saturated carbocycles. The number of carbonyl (C=O) groups is 2. The molecule has 2 atom stereocenters. The van der Waals surface area contributed by atoms with Crippen molar-refractivity contribution >= 4 is 40.5 Å². The Kier molecular flexibility index (Phi) is 10.6. The molecule has 3 aromatic heterocycles. The van der Waals surface area contributed by atoms with Gasteiger partial charge in [-0.15, -0.1) is 0 Å². The van der Waals surface area contributed by atoms with E-state index in [4.69, 9.17) is 14.6 Å². The van der Waals surface area contributed by atoms with E-state index in [0.717, 1.165) is 49.8 Å². The van der Waals surface area contributed by atoms with Crippen molar-refractivity contribution in [2.75, 3.05) is 69.7 Å². The Hall–Kier alpha value is -4.08. The van der Waals surface area contributed by atoms with Crippen molar-refractivity contribution in [2.24, 2.45) is 0 Å². The van der Waals surface area contributed by atoms with Gasteiger partial charge in [-0.2, -0.15) is 4.98 Å². The summed E-state index contributed by atoms with van der Waals surface area (Å²) in [4.78, 5) is 43.6. The summed E-state index contributed by atoms with van der Waals surface area (Å²) in [6, 6.07) is 3.87. The molecule has 0 spiro atoms. The summed E-state index contributed by atoms with van der Waals surface area (Å²) in [5.41, 5.74) is 1.48. The number of methoxy groups -OCH3 is 1. The number of anilines is 3. The lowest BCUT2D eigenvalue weighted by Gasteiger charge is -2.37. The van der Waals surface area contributed by atoms with Gasteiger partial charge in [0.2, 0.25) is 5.95 Å². The highest BCUT2D eigenvalue weighted by atomic mass is 19.1. The van der Waals surface area contributed by atoms with E-state index in [2.05, 4.69) is 48.9 Å². The summed E-state index contributed by atoms with van der Waals surface area (Å²) in [6.07, 6.45) is 6.07. The average molecular weight is 668 g/mol. The molecule has 3 aromatic rings. The number of rotatable bonds is 12. The molecule has 0 bridgehead atoms. The summed E-state index contributed by atoms with van der Waals surface area (Å²) < 4.78 is 27.6. The topological polar surface area (TPSA) is 150 Å². The summed E-state index contributed by atoms with van der Waals surface area (Å²) in [6.45, 7) is 9.17. The van der Waals surface area contributed by atoms with E-state index in [-0.39, 0.29) is 30.6 Å². The standard InChI is InChI=1S/C33H46FN9O5/c1-21(2)43-19-25(31(44)37-22-6-11-40(12-7-22)10-4-14-48-23-17-42(18-23)33(45)46)24-16-36-30(15-27(24)43)38-29-5-9-35-32(39-29)41-13-8-28(47-3)26(34)20-41/h5,9,15-16,19,21-23,26,28H,4,6-8,10-14,17-18,20H2,1-3H3,(H,37,44)(H,45,46)(H,35,36,38,39). The van der Waals surface area contributed by atoms with Crippen molar-refractivity contribution in [3.63, 3.8) is 0 Å². The van der Waals surface area contributed by atoms with Crippen LogP contribution in [-0.4, -0.2) is 130 Å². The number of carboxylic acid groups (broad SMARTS) is 1. The van der Waals surface area contributed by atoms with Gasteiger partial charge < -0.3 is 44.5 Å². The van der Waals surface area contributed by atoms with E-state index >= 15 is 0 Å². The average Bonchev–Trinajstić information content (AvgIpc) is 3.44. The normalized spacial score (nSPS) is 21.1. The predicted octanol–water partition coefficient (Wildman–Crippen LogP) is 3.68. The van der Waals surface area contributed by atoms with Crippen LogP contribution in [0.3, 0.4) is 0 Å². The lowest BCUT2D eigenvalue weighted by Crippen LogP contribution is -2.54. The van der Waals surface area contributed by atoms with E-state index < -0.39 is 18.4 Å². The van der Waals surface area contributed by atoms with Gasteiger partial charge >= 0.3 is 6.09 Å². The minimum atomic E-state index is -1.11. The number of ether oxygens (including phenoxy) is 2. The first-order chi connectivity index (χ1) is 23.2. The fourth-order valence-electron chi connectivity index (χ4n) is 6.65. The number of fused-ring (bicyclic) bond motifs is 1. The fourth-order valence-corrected chi connectivity index (χ4v) is 6.65. The third-order valence-corrected chi connectivity index (χ3v) is 9.50. The van der Waals surface area contributed by atoms with E-state index in [1.54, 1.807) is 18.5 Å². The number of hydrogen-bond donors (Lipinski definition) is 3. The molecular formula is C33H46FN9O5. The molecule has 3 fully saturated rings. The number of amides is 2. The second-order valence-corrected chi connectivity index (χ2v) is 13.1. The summed E-state index contributed by atoms with van der Waals surface area (Å²) in [5, 5.41) is 16.2. The van der Waals surface area contributed by atoms with Gasteiger partial charge in [-0.05, 0) is 45.6 Å². The molecule has 15 heteroatoms. The molecule has 260 valence electrons. The van der Waals surface area contributed by atoms with Crippen LogP contribution in [0.15, 0.2) is 30.7 Å². The van der Waals surface area contributed by atoms with Crippen molar-refractivity contribution < 1.29 is 28.6 Å². The van der Waals surface area contributed by atoms with E-state index in [1.807, 2.05) is 17.2 Å². The first-order valence-electron chi connectivity index (χ1n) is 16.8. The first kappa shape index (κ1) is 33.8. The lowest BCUT2D eigenvalue weighted by molar-refractivity contribution is -0.0464. The zero-order valence-electron chi connectivity index (χ0n) is 27.8. The molecule has 3 saturated heterocycles. The summed E-state index contributed by atoms with van der Waals surface area (Å²) >= 11 is 0. The zero-order valence-corrected chi connectivity index (χ0v) is 27.8. The maximum Gasteiger partial charge on any atom is 0.407 e. The maximum absolute atomic E-state index is 14.5. The molecule has 0 aliphatic carbocycles.